The van der Waals surface area contributed by atoms with Crippen molar-refractivity contribution in [2.75, 3.05) is 6.54 Å². The standard InChI is InChI=1S/C16H25Cl2N/c1-4-6-12(3)8-16(19-7-5-2)13-9-14(17)11-15(18)10-13/h9-12,16,19H,4-8H2,1-3H3. The molecular formula is C16H25Cl2N. The number of benzene rings is 1. The van der Waals surface area contributed by atoms with E-state index in [1.54, 1.807) is 6.07 Å². The molecule has 108 valence electrons. The van der Waals surface area contributed by atoms with E-state index >= 15 is 0 Å². The van der Waals surface area contributed by atoms with E-state index < -0.39 is 0 Å². The lowest BCUT2D eigenvalue weighted by atomic mass is 9.93. The van der Waals surface area contributed by atoms with E-state index in [0.717, 1.165) is 19.4 Å². The maximum atomic E-state index is 6.11. The number of hydrogen-bond donors (Lipinski definition) is 1. The Balaban J connectivity index is 2.82. The van der Waals surface area contributed by atoms with Crippen LogP contribution in [0.2, 0.25) is 10.0 Å². The number of hydrogen-bond acceptors (Lipinski definition) is 1. The average Bonchev–Trinajstić information content (AvgIpc) is 2.33. The summed E-state index contributed by atoms with van der Waals surface area (Å²) in [5.41, 5.74) is 1.20. The molecule has 0 radical (unpaired) electrons. The van der Waals surface area contributed by atoms with Gasteiger partial charge in [-0.15, -0.1) is 0 Å². The van der Waals surface area contributed by atoms with Crippen molar-refractivity contribution in [1.29, 1.82) is 0 Å². The van der Waals surface area contributed by atoms with Crippen LogP contribution in [0.4, 0.5) is 0 Å². The third-order valence-electron chi connectivity index (χ3n) is 3.35. The van der Waals surface area contributed by atoms with E-state index in [-0.39, 0.29) is 0 Å². The molecule has 0 saturated carbocycles. The van der Waals surface area contributed by atoms with Crippen LogP contribution in [0.15, 0.2) is 18.2 Å². The molecule has 1 rings (SSSR count). The monoisotopic (exact) mass is 301 g/mol. The fraction of sp³-hybridized carbons (Fsp3) is 0.625. The topological polar surface area (TPSA) is 12.0 Å². The maximum Gasteiger partial charge on any atom is 0.0424 e. The molecule has 0 saturated heterocycles. The van der Waals surface area contributed by atoms with Crippen molar-refractivity contribution in [3.8, 4) is 0 Å². The van der Waals surface area contributed by atoms with Gasteiger partial charge in [-0.25, -0.2) is 0 Å². The zero-order chi connectivity index (χ0) is 14.3. The summed E-state index contributed by atoms with van der Waals surface area (Å²) in [6.07, 6.45) is 4.76. The minimum atomic E-state index is 0.345. The van der Waals surface area contributed by atoms with Crippen LogP contribution in [-0.2, 0) is 0 Å². The molecule has 0 aliphatic rings. The molecule has 1 N–H and O–H groups in total. The van der Waals surface area contributed by atoms with Crippen LogP contribution in [0.3, 0.4) is 0 Å². The first-order valence-corrected chi connectivity index (χ1v) is 8.01. The fourth-order valence-electron chi connectivity index (χ4n) is 2.45. The molecular weight excluding hydrogens is 277 g/mol. The smallest absolute Gasteiger partial charge is 0.0424 e. The summed E-state index contributed by atoms with van der Waals surface area (Å²) in [7, 11) is 0. The highest BCUT2D eigenvalue weighted by Gasteiger charge is 2.15. The van der Waals surface area contributed by atoms with Crippen LogP contribution in [0.5, 0.6) is 0 Å². The van der Waals surface area contributed by atoms with Gasteiger partial charge in [-0.3, -0.25) is 0 Å². The third-order valence-corrected chi connectivity index (χ3v) is 3.78. The predicted octanol–water partition coefficient (Wildman–Crippen LogP) is 5.86. The molecule has 1 aromatic rings. The van der Waals surface area contributed by atoms with Gasteiger partial charge in [-0.2, -0.15) is 0 Å². The number of halogens is 2. The normalized spacial score (nSPS) is 14.4. The first-order valence-electron chi connectivity index (χ1n) is 7.26. The van der Waals surface area contributed by atoms with Crippen LogP contribution < -0.4 is 5.32 Å². The zero-order valence-corrected chi connectivity index (χ0v) is 13.7. The highest BCUT2D eigenvalue weighted by Crippen LogP contribution is 2.28. The predicted molar refractivity (Wildman–Crippen MR) is 86.2 cm³/mol. The second kappa shape index (κ2) is 8.84. The van der Waals surface area contributed by atoms with E-state index in [1.807, 2.05) is 12.1 Å². The second-order valence-electron chi connectivity index (χ2n) is 5.34. The van der Waals surface area contributed by atoms with Gasteiger partial charge < -0.3 is 5.32 Å². The summed E-state index contributed by atoms with van der Waals surface area (Å²) in [5, 5.41) is 5.05. The van der Waals surface area contributed by atoms with Crippen molar-refractivity contribution in [3.05, 3.63) is 33.8 Å². The molecule has 0 aliphatic heterocycles. The molecule has 0 aliphatic carbocycles. The Bertz CT molecular complexity index is 359. The quantitative estimate of drug-likeness (QED) is 0.634. The van der Waals surface area contributed by atoms with Crippen LogP contribution >= 0.6 is 23.2 Å². The number of nitrogens with one attached hydrogen (secondary N) is 1. The van der Waals surface area contributed by atoms with Gasteiger partial charge in [0, 0.05) is 16.1 Å². The molecule has 0 aromatic heterocycles. The maximum absolute atomic E-state index is 6.11. The highest BCUT2D eigenvalue weighted by molar-refractivity contribution is 6.34. The van der Waals surface area contributed by atoms with Crippen LogP contribution in [0.25, 0.3) is 0 Å². The summed E-state index contributed by atoms with van der Waals surface area (Å²) < 4.78 is 0. The lowest BCUT2D eigenvalue weighted by Gasteiger charge is -2.23. The molecule has 0 spiro atoms. The Morgan fingerprint density at radius 1 is 1.05 bits per heavy atom. The summed E-state index contributed by atoms with van der Waals surface area (Å²) >= 11 is 12.2. The van der Waals surface area contributed by atoms with Crippen molar-refractivity contribution in [2.24, 2.45) is 5.92 Å². The van der Waals surface area contributed by atoms with Gasteiger partial charge >= 0.3 is 0 Å². The molecule has 1 aromatic carbocycles. The van der Waals surface area contributed by atoms with Crippen molar-refractivity contribution in [2.45, 2.75) is 52.5 Å². The largest absolute Gasteiger partial charge is 0.310 e. The van der Waals surface area contributed by atoms with E-state index in [1.165, 1.54) is 18.4 Å². The Labute approximate surface area is 127 Å². The summed E-state index contributed by atoms with van der Waals surface area (Å²) in [6, 6.07) is 6.19. The van der Waals surface area contributed by atoms with Crippen LogP contribution in [0.1, 0.15) is 58.1 Å². The van der Waals surface area contributed by atoms with Crippen LogP contribution in [-0.4, -0.2) is 6.54 Å². The summed E-state index contributed by atoms with van der Waals surface area (Å²) in [4.78, 5) is 0. The Hall–Kier alpha value is -0.240. The molecule has 1 nitrogen and oxygen atoms in total. The van der Waals surface area contributed by atoms with Gasteiger partial charge in [0.1, 0.15) is 0 Å². The Morgan fingerprint density at radius 2 is 1.68 bits per heavy atom. The van der Waals surface area contributed by atoms with E-state index in [4.69, 9.17) is 23.2 Å². The molecule has 0 amide bonds. The van der Waals surface area contributed by atoms with E-state index in [9.17, 15) is 0 Å². The van der Waals surface area contributed by atoms with Gasteiger partial charge in [-0.05, 0) is 49.1 Å². The van der Waals surface area contributed by atoms with Gasteiger partial charge in [0.2, 0.25) is 0 Å². The Kier molecular flexibility index (Phi) is 7.82. The highest BCUT2D eigenvalue weighted by atomic mass is 35.5. The fourth-order valence-corrected chi connectivity index (χ4v) is 2.99. The molecule has 2 unspecified atom stereocenters. The van der Waals surface area contributed by atoms with Gasteiger partial charge in [0.15, 0.2) is 0 Å². The minimum absolute atomic E-state index is 0.345. The lowest BCUT2D eigenvalue weighted by Crippen LogP contribution is -2.24. The SMILES string of the molecule is CCCNC(CC(C)CCC)c1cc(Cl)cc(Cl)c1. The second-order valence-corrected chi connectivity index (χ2v) is 6.21. The molecule has 0 bridgehead atoms. The third kappa shape index (κ3) is 6.16. The van der Waals surface area contributed by atoms with Crippen molar-refractivity contribution >= 4 is 23.2 Å². The summed E-state index contributed by atoms with van der Waals surface area (Å²) in [5.74, 6) is 0.706. The molecule has 19 heavy (non-hydrogen) atoms. The molecule has 2 atom stereocenters. The number of rotatable bonds is 8. The average molecular weight is 302 g/mol. The lowest BCUT2D eigenvalue weighted by molar-refractivity contribution is 0.390. The Morgan fingerprint density at radius 3 is 2.21 bits per heavy atom. The zero-order valence-electron chi connectivity index (χ0n) is 12.2. The van der Waals surface area contributed by atoms with Gasteiger partial charge in [0.25, 0.3) is 0 Å². The van der Waals surface area contributed by atoms with E-state index in [0.29, 0.717) is 22.0 Å². The molecule has 0 heterocycles. The van der Waals surface area contributed by atoms with Gasteiger partial charge in [0.05, 0.1) is 0 Å². The van der Waals surface area contributed by atoms with Crippen molar-refractivity contribution < 1.29 is 0 Å². The van der Waals surface area contributed by atoms with Crippen molar-refractivity contribution in [1.82, 2.24) is 5.32 Å². The first kappa shape index (κ1) is 16.8. The van der Waals surface area contributed by atoms with Crippen LogP contribution in [0, 0.1) is 5.92 Å². The van der Waals surface area contributed by atoms with Crippen molar-refractivity contribution in [3.63, 3.8) is 0 Å². The van der Waals surface area contributed by atoms with E-state index in [2.05, 4.69) is 26.1 Å². The molecule has 3 heteroatoms. The minimum Gasteiger partial charge on any atom is -0.310 e. The molecule has 0 fully saturated rings. The van der Waals surface area contributed by atoms with Gasteiger partial charge in [-0.1, -0.05) is 56.8 Å². The first-order chi connectivity index (χ1) is 9.06. The summed E-state index contributed by atoms with van der Waals surface area (Å²) in [6.45, 7) is 7.76.